The van der Waals surface area contributed by atoms with Crippen molar-refractivity contribution in [3.05, 3.63) is 65.5 Å². The number of alkyl halides is 3. The predicted molar refractivity (Wildman–Crippen MR) is 108 cm³/mol. The molecule has 10 heteroatoms. The van der Waals surface area contributed by atoms with E-state index >= 15 is 0 Å². The fourth-order valence-corrected chi connectivity index (χ4v) is 3.90. The molecular weight excluding hydrogens is 409 g/mol. The third kappa shape index (κ3) is 4.86. The molecule has 1 aromatic heterocycles. The van der Waals surface area contributed by atoms with Crippen LogP contribution in [0.2, 0.25) is 0 Å². The van der Waals surface area contributed by atoms with Gasteiger partial charge in [-0.3, -0.25) is 0 Å². The Morgan fingerprint density at radius 1 is 1.19 bits per heavy atom. The van der Waals surface area contributed by atoms with Crippen LogP contribution in [0.3, 0.4) is 0 Å². The molecule has 3 aromatic rings. The van der Waals surface area contributed by atoms with Crippen molar-refractivity contribution in [1.29, 1.82) is 0 Å². The molecule has 4 rings (SSSR count). The Hall–Kier alpha value is -2.98. The first-order valence-electron chi connectivity index (χ1n) is 10.00. The standard InChI is InChI=1S/C21H23F3N6O/c1-31-19-9-8-17(30-13-27-28-29-30)11-15(19)12-26-18-3-2-10-25-20(18)14-4-6-16(7-5-14)21(22,23)24/h4-9,11,13,18,20,25-26H,2-3,10,12H2,1H3/t18-,20-/m0/s1. The van der Waals surface area contributed by atoms with E-state index in [1.165, 1.54) is 6.33 Å². The summed E-state index contributed by atoms with van der Waals surface area (Å²) in [6.45, 7) is 1.35. The van der Waals surface area contributed by atoms with E-state index in [1.54, 1.807) is 23.9 Å². The zero-order valence-electron chi connectivity index (χ0n) is 16.9. The molecule has 1 saturated heterocycles. The number of methoxy groups -OCH3 is 1. The van der Waals surface area contributed by atoms with Crippen molar-refractivity contribution >= 4 is 0 Å². The lowest BCUT2D eigenvalue weighted by atomic mass is 9.91. The van der Waals surface area contributed by atoms with E-state index in [9.17, 15) is 13.2 Å². The van der Waals surface area contributed by atoms with Crippen LogP contribution in [0, 0.1) is 0 Å². The van der Waals surface area contributed by atoms with Gasteiger partial charge in [-0.2, -0.15) is 13.2 Å². The van der Waals surface area contributed by atoms with Crippen molar-refractivity contribution in [1.82, 2.24) is 30.8 Å². The van der Waals surface area contributed by atoms with E-state index in [4.69, 9.17) is 4.74 Å². The van der Waals surface area contributed by atoms with Crippen molar-refractivity contribution in [3.63, 3.8) is 0 Å². The number of piperidine rings is 1. The molecule has 2 atom stereocenters. The van der Waals surface area contributed by atoms with Gasteiger partial charge < -0.3 is 15.4 Å². The molecule has 1 fully saturated rings. The molecule has 1 aliphatic rings. The van der Waals surface area contributed by atoms with Gasteiger partial charge in [-0.25, -0.2) is 4.68 Å². The summed E-state index contributed by atoms with van der Waals surface area (Å²) < 4.78 is 45.8. The second kappa shape index (κ2) is 9.03. The van der Waals surface area contributed by atoms with Gasteiger partial charge in [0.05, 0.1) is 18.4 Å². The van der Waals surface area contributed by atoms with Crippen LogP contribution in [0.4, 0.5) is 13.2 Å². The molecule has 0 unspecified atom stereocenters. The van der Waals surface area contributed by atoms with Gasteiger partial charge in [0, 0.05) is 24.2 Å². The summed E-state index contributed by atoms with van der Waals surface area (Å²) in [5.74, 6) is 0.735. The van der Waals surface area contributed by atoms with Crippen LogP contribution in [-0.2, 0) is 12.7 Å². The number of halogens is 3. The zero-order valence-corrected chi connectivity index (χ0v) is 16.9. The zero-order chi connectivity index (χ0) is 21.8. The van der Waals surface area contributed by atoms with Gasteiger partial charge in [-0.15, -0.1) is 5.10 Å². The minimum absolute atomic E-state index is 0.0619. The van der Waals surface area contributed by atoms with Crippen LogP contribution in [0.1, 0.15) is 35.6 Å². The Balaban J connectivity index is 1.51. The summed E-state index contributed by atoms with van der Waals surface area (Å²) in [6, 6.07) is 11.1. The van der Waals surface area contributed by atoms with Crippen molar-refractivity contribution in [2.45, 2.75) is 37.6 Å². The van der Waals surface area contributed by atoms with E-state index < -0.39 is 11.7 Å². The maximum atomic E-state index is 12.9. The number of rotatable bonds is 6. The molecule has 0 spiro atoms. The van der Waals surface area contributed by atoms with Crippen LogP contribution in [-0.4, -0.2) is 39.9 Å². The molecule has 7 nitrogen and oxygen atoms in total. The SMILES string of the molecule is COc1ccc(-n2cnnn2)cc1CN[C@H]1CCCN[C@H]1c1ccc(C(F)(F)F)cc1. The molecular formula is C21H23F3N6O. The number of nitrogens with one attached hydrogen (secondary N) is 2. The van der Waals surface area contributed by atoms with Crippen LogP contribution >= 0.6 is 0 Å². The van der Waals surface area contributed by atoms with Crippen LogP contribution < -0.4 is 15.4 Å². The summed E-state index contributed by atoms with van der Waals surface area (Å²) in [4.78, 5) is 0. The number of aromatic nitrogens is 4. The molecule has 2 heterocycles. The first kappa shape index (κ1) is 21.3. The summed E-state index contributed by atoms with van der Waals surface area (Å²) in [7, 11) is 1.61. The number of benzene rings is 2. The highest BCUT2D eigenvalue weighted by Gasteiger charge is 2.31. The number of ether oxygens (including phenoxy) is 1. The van der Waals surface area contributed by atoms with Crippen molar-refractivity contribution in [2.75, 3.05) is 13.7 Å². The van der Waals surface area contributed by atoms with Gasteiger partial charge >= 0.3 is 6.18 Å². The van der Waals surface area contributed by atoms with Crippen molar-refractivity contribution in [3.8, 4) is 11.4 Å². The van der Waals surface area contributed by atoms with E-state index in [0.717, 1.165) is 54.1 Å². The van der Waals surface area contributed by atoms with Gasteiger partial charge in [-0.05, 0) is 65.7 Å². The Kier molecular flexibility index (Phi) is 6.19. The van der Waals surface area contributed by atoms with Crippen LogP contribution in [0.5, 0.6) is 5.75 Å². The molecule has 0 radical (unpaired) electrons. The fraction of sp³-hybridized carbons (Fsp3) is 0.381. The molecule has 2 N–H and O–H groups in total. The normalized spacial score (nSPS) is 19.4. The summed E-state index contributed by atoms with van der Waals surface area (Å²) >= 11 is 0. The van der Waals surface area contributed by atoms with Gasteiger partial charge in [0.2, 0.25) is 0 Å². The monoisotopic (exact) mass is 432 g/mol. The van der Waals surface area contributed by atoms with Gasteiger partial charge in [-0.1, -0.05) is 12.1 Å². The summed E-state index contributed by atoms with van der Waals surface area (Å²) in [6.07, 6.45) is -0.924. The van der Waals surface area contributed by atoms with Gasteiger partial charge in [0.15, 0.2) is 0 Å². The molecule has 31 heavy (non-hydrogen) atoms. The second-order valence-corrected chi connectivity index (χ2v) is 7.43. The minimum Gasteiger partial charge on any atom is -0.496 e. The molecule has 2 aromatic carbocycles. The van der Waals surface area contributed by atoms with Gasteiger partial charge in [0.25, 0.3) is 0 Å². The Labute approximate surface area is 177 Å². The highest BCUT2D eigenvalue weighted by Crippen LogP contribution is 2.31. The Morgan fingerprint density at radius 3 is 2.68 bits per heavy atom. The van der Waals surface area contributed by atoms with Crippen molar-refractivity contribution in [2.24, 2.45) is 0 Å². The molecule has 0 aliphatic carbocycles. The fourth-order valence-electron chi connectivity index (χ4n) is 3.90. The maximum absolute atomic E-state index is 12.9. The number of hydrogen-bond acceptors (Lipinski definition) is 6. The van der Waals surface area contributed by atoms with E-state index in [2.05, 4.69) is 26.2 Å². The Bertz CT molecular complexity index is 991. The van der Waals surface area contributed by atoms with Crippen molar-refractivity contribution < 1.29 is 17.9 Å². The average molecular weight is 432 g/mol. The van der Waals surface area contributed by atoms with E-state index in [-0.39, 0.29) is 12.1 Å². The smallest absolute Gasteiger partial charge is 0.416 e. The van der Waals surface area contributed by atoms with Crippen LogP contribution in [0.25, 0.3) is 5.69 Å². The van der Waals surface area contributed by atoms with Crippen LogP contribution in [0.15, 0.2) is 48.8 Å². The largest absolute Gasteiger partial charge is 0.496 e. The number of nitrogens with zero attached hydrogens (tertiary/aromatic N) is 4. The summed E-state index contributed by atoms with van der Waals surface area (Å²) in [5, 5.41) is 18.2. The third-order valence-corrected chi connectivity index (χ3v) is 5.49. The summed E-state index contributed by atoms with van der Waals surface area (Å²) in [5.41, 5.74) is 1.94. The lowest BCUT2D eigenvalue weighted by molar-refractivity contribution is -0.137. The first-order valence-corrected chi connectivity index (χ1v) is 10.00. The topological polar surface area (TPSA) is 76.9 Å². The number of tetrazole rings is 1. The third-order valence-electron chi connectivity index (χ3n) is 5.49. The lowest BCUT2D eigenvalue weighted by Crippen LogP contribution is -2.45. The molecule has 0 amide bonds. The Morgan fingerprint density at radius 2 is 2.00 bits per heavy atom. The highest BCUT2D eigenvalue weighted by molar-refractivity contribution is 5.43. The second-order valence-electron chi connectivity index (χ2n) is 7.43. The molecule has 0 bridgehead atoms. The number of hydrogen-bond donors (Lipinski definition) is 2. The predicted octanol–water partition coefficient (Wildman–Crippen LogP) is 3.27. The quantitative estimate of drug-likeness (QED) is 0.623. The minimum atomic E-state index is -4.34. The lowest BCUT2D eigenvalue weighted by Gasteiger charge is -2.34. The highest BCUT2D eigenvalue weighted by atomic mass is 19.4. The maximum Gasteiger partial charge on any atom is 0.416 e. The average Bonchev–Trinajstić information content (AvgIpc) is 3.32. The van der Waals surface area contributed by atoms with E-state index in [1.807, 2.05) is 18.2 Å². The molecule has 164 valence electrons. The first-order chi connectivity index (χ1) is 15.0. The van der Waals surface area contributed by atoms with Gasteiger partial charge in [0.1, 0.15) is 12.1 Å². The molecule has 0 saturated carbocycles. The van der Waals surface area contributed by atoms with E-state index in [0.29, 0.717) is 6.54 Å². The molecule has 1 aliphatic heterocycles.